The van der Waals surface area contributed by atoms with E-state index in [2.05, 4.69) is 9.88 Å². The first kappa shape index (κ1) is 29.9. The van der Waals surface area contributed by atoms with Gasteiger partial charge >= 0.3 is 5.97 Å². The van der Waals surface area contributed by atoms with E-state index in [1.165, 1.54) is 0 Å². The maximum atomic E-state index is 15.6. The number of aliphatic carboxylic acids is 1. The number of halogens is 3. The summed E-state index contributed by atoms with van der Waals surface area (Å²) in [6.45, 7) is 2.72. The van der Waals surface area contributed by atoms with Crippen molar-refractivity contribution in [3.8, 4) is 5.75 Å². The maximum absolute atomic E-state index is 15.6. The standard InChI is InChI=1S/C30H35Cl2FN2O3S/c1-38-22-8-10-28-24(18-22)23(12-14-34-28)27(33)9-6-20-13-16-35(19-21(20)7-11-29(36)37)15-3-17-39-30-25(31)4-2-5-26(30)32/h2,4-5,8,10,12,14,18,20-21,27H,3,6-7,9,11,13,15-17,19H2,1H3,(H,36,37)/t20-,21+,27?/m1/s1. The summed E-state index contributed by atoms with van der Waals surface area (Å²) in [5.74, 6) is 1.34. The molecule has 3 aromatic rings. The first-order valence-corrected chi connectivity index (χ1v) is 15.2. The van der Waals surface area contributed by atoms with Gasteiger partial charge < -0.3 is 14.7 Å². The molecule has 1 fully saturated rings. The van der Waals surface area contributed by atoms with Crippen molar-refractivity contribution in [1.82, 2.24) is 9.88 Å². The third-order valence-electron chi connectivity index (χ3n) is 7.60. The zero-order valence-electron chi connectivity index (χ0n) is 22.1. The van der Waals surface area contributed by atoms with Crippen LogP contribution in [0.3, 0.4) is 0 Å². The Balaban J connectivity index is 1.32. The van der Waals surface area contributed by atoms with Gasteiger partial charge in [-0.1, -0.05) is 29.3 Å². The highest BCUT2D eigenvalue weighted by Crippen LogP contribution is 2.37. The third-order valence-corrected chi connectivity index (χ3v) is 9.67. The van der Waals surface area contributed by atoms with Crippen LogP contribution in [0.4, 0.5) is 4.39 Å². The van der Waals surface area contributed by atoms with Crippen molar-refractivity contribution in [2.24, 2.45) is 11.8 Å². The number of nitrogens with zero attached hydrogens (tertiary/aromatic N) is 2. The summed E-state index contributed by atoms with van der Waals surface area (Å²) < 4.78 is 20.9. The molecule has 0 amide bonds. The van der Waals surface area contributed by atoms with Crippen LogP contribution in [0.15, 0.2) is 53.6 Å². The maximum Gasteiger partial charge on any atom is 0.303 e. The summed E-state index contributed by atoms with van der Waals surface area (Å²) in [6.07, 6.45) is 4.36. The van der Waals surface area contributed by atoms with E-state index in [-0.39, 0.29) is 12.3 Å². The van der Waals surface area contributed by atoms with Crippen LogP contribution in [-0.4, -0.2) is 53.5 Å². The molecule has 0 radical (unpaired) electrons. The first-order valence-electron chi connectivity index (χ1n) is 13.4. The molecule has 1 N–H and O–H groups in total. The lowest BCUT2D eigenvalue weighted by atomic mass is 9.79. The van der Waals surface area contributed by atoms with Crippen LogP contribution in [0.2, 0.25) is 10.0 Å². The van der Waals surface area contributed by atoms with E-state index in [1.807, 2.05) is 36.4 Å². The fourth-order valence-corrected chi connectivity index (χ4v) is 7.13. The lowest BCUT2D eigenvalue weighted by molar-refractivity contribution is -0.137. The summed E-state index contributed by atoms with van der Waals surface area (Å²) in [6, 6.07) is 12.8. The Hall–Kier alpha value is -2.06. The van der Waals surface area contributed by atoms with Crippen molar-refractivity contribution in [3.05, 3.63) is 64.3 Å². The molecule has 210 valence electrons. The van der Waals surface area contributed by atoms with Crippen LogP contribution in [0.1, 0.15) is 50.3 Å². The third kappa shape index (κ3) is 8.23. The van der Waals surface area contributed by atoms with Gasteiger partial charge in [0.25, 0.3) is 0 Å². The molecule has 1 aliphatic rings. The lowest BCUT2D eigenvalue weighted by Gasteiger charge is -2.39. The molecule has 5 nitrogen and oxygen atoms in total. The predicted octanol–water partition coefficient (Wildman–Crippen LogP) is 8.33. The fraction of sp³-hybridized carbons (Fsp3) is 0.467. The van der Waals surface area contributed by atoms with Crippen molar-refractivity contribution in [1.29, 1.82) is 0 Å². The Labute approximate surface area is 244 Å². The van der Waals surface area contributed by atoms with Gasteiger partial charge in [0.05, 0.1) is 22.7 Å². The van der Waals surface area contributed by atoms with Crippen LogP contribution >= 0.6 is 35.0 Å². The number of carboxylic acid groups (broad SMARTS) is 1. The van der Waals surface area contributed by atoms with E-state index in [0.29, 0.717) is 40.1 Å². The van der Waals surface area contributed by atoms with E-state index in [4.69, 9.17) is 27.9 Å². The molecule has 39 heavy (non-hydrogen) atoms. The fourth-order valence-electron chi connectivity index (χ4n) is 5.52. The van der Waals surface area contributed by atoms with Crippen molar-refractivity contribution in [3.63, 3.8) is 0 Å². The van der Waals surface area contributed by atoms with E-state index in [0.717, 1.165) is 60.4 Å². The zero-order valence-corrected chi connectivity index (χ0v) is 24.5. The number of aromatic nitrogens is 1. The molecule has 0 bridgehead atoms. The molecule has 2 aromatic carbocycles. The molecule has 0 aliphatic carbocycles. The summed E-state index contributed by atoms with van der Waals surface area (Å²) in [7, 11) is 1.60. The van der Waals surface area contributed by atoms with Crippen LogP contribution in [0.25, 0.3) is 10.9 Å². The summed E-state index contributed by atoms with van der Waals surface area (Å²) >= 11 is 14.2. The van der Waals surface area contributed by atoms with Crippen molar-refractivity contribution in [2.75, 3.05) is 32.5 Å². The molecule has 1 aromatic heterocycles. The number of hydrogen-bond acceptors (Lipinski definition) is 5. The molecule has 0 saturated carbocycles. The van der Waals surface area contributed by atoms with Crippen LogP contribution in [-0.2, 0) is 4.79 Å². The quantitative estimate of drug-likeness (QED) is 0.159. The molecule has 2 heterocycles. The molecule has 3 atom stereocenters. The van der Waals surface area contributed by atoms with Crippen molar-refractivity contribution in [2.45, 2.75) is 49.6 Å². The monoisotopic (exact) mass is 592 g/mol. The van der Waals surface area contributed by atoms with E-state index in [1.54, 1.807) is 31.1 Å². The number of piperidine rings is 1. The molecular weight excluding hydrogens is 558 g/mol. The Bertz CT molecular complexity index is 1240. The molecule has 1 unspecified atom stereocenters. The topological polar surface area (TPSA) is 62.7 Å². The minimum absolute atomic E-state index is 0.143. The highest BCUT2D eigenvalue weighted by atomic mass is 35.5. The molecular formula is C30H35Cl2FN2O3S. The number of pyridine rings is 1. The predicted molar refractivity (Wildman–Crippen MR) is 158 cm³/mol. The highest BCUT2D eigenvalue weighted by molar-refractivity contribution is 7.99. The van der Waals surface area contributed by atoms with Gasteiger partial charge in [0.15, 0.2) is 0 Å². The van der Waals surface area contributed by atoms with Crippen molar-refractivity contribution < 1.29 is 19.0 Å². The van der Waals surface area contributed by atoms with Crippen LogP contribution in [0.5, 0.6) is 5.75 Å². The average Bonchev–Trinajstić information content (AvgIpc) is 2.93. The van der Waals surface area contributed by atoms with E-state index in [9.17, 15) is 9.90 Å². The molecule has 9 heteroatoms. The van der Waals surface area contributed by atoms with Gasteiger partial charge in [0, 0.05) is 29.4 Å². The van der Waals surface area contributed by atoms with Gasteiger partial charge in [-0.15, -0.1) is 11.8 Å². The number of carboxylic acids is 1. The first-order chi connectivity index (χ1) is 18.9. The number of ether oxygens (including phenoxy) is 1. The SMILES string of the molecule is COc1ccc2nccc(C(F)CC[C@@H]3CCN(CCCSc4c(Cl)cccc4Cl)C[C@@H]3CCC(=O)O)c2c1. The molecule has 1 saturated heterocycles. The Morgan fingerprint density at radius 1 is 1.21 bits per heavy atom. The van der Waals surface area contributed by atoms with Gasteiger partial charge in [-0.3, -0.25) is 9.78 Å². The Kier molecular flexibility index (Phi) is 11.1. The largest absolute Gasteiger partial charge is 0.497 e. The normalized spacial score (nSPS) is 18.8. The number of fused-ring (bicyclic) bond motifs is 1. The number of thioether (sulfide) groups is 1. The van der Waals surface area contributed by atoms with Gasteiger partial charge in [-0.25, -0.2) is 4.39 Å². The Morgan fingerprint density at radius 2 is 2.00 bits per heavy atom. The van der Waals surface area contributed by atoms with Crippen LogP contribution in [0, 0.1) is 11.8 Å². The number of benzene rings is 2. The number of likely N-dealkylation sites (tertiary alicyclic amines) is 1. The van der Waals surface area contributed by atoms with Crippen molar-refractivity contribution >= 4 is 51.8 Å². The lowest BCUT2D eigenvalue weighted by Crippen LogP contribution is -2.41. The molecule has 0 spiro atoms. The van der Waals surface area contributed by atoms with Gasteiger partial charge in [-0.2, -0.15) is 0 Å². The van der Waals surface area contributed by atoms with Gasteiger partial charge in [0.1, 0.15) is 11.9 Å². The molecule has 4 rings (SSSR count). The molecule has 1 aliphatic heterocycles. The zero-order chi connectivity index (χ0) is 27.8. The average molecular weight is 594 g/mol. The number of carbonyl (C=O) groups is 1. The van der Waals surface area contributed by atoms with E-state index >= 15 is 4.39 Å². The highest BCUT2D eigenvalue weighted by Gasteiger charge is 2.30. The number of alkyl halides is 1. The van der Waals surface area contributed by atoms with E-state index < -0.39 is 12.1 Å². The number of hydrogen-bond donors (Lipinski definition) is 1. The van der Waals surface area contributed by atoms with Crippen LogP contribution < -0.4 is 4.74 Å². The smallest absolute Gasteiger partial charge is 0.303 e. The number of rotatable bonds is 13. The summed E-state index contributed by atoms with van der Waals surface area (Å²) in [4.78, 5) is 19.1. The second kappa shape index (κ2) is 14.5. The second-order valence-electron chi connectivity index (χ2n) is 10.1. The summed E-state index contributed by atoms with van der Waals surface area (Å²) in [5.41, 5.74) is 1.38. The van der Waals surface area contributed by atoms with Gasteiger partial charge in [-0.05, 0) is 105 Å². The second-order valence-corrected chi connectivity index (χ2v) is 12.0. The minimum atomic E-state index is -1.12. The Morgan fingerprint density at radius 3 is 2.74 bits per heavy atom. The summed E-state index contributed by atoms with van der Waals surface area (Å²) in [5, 5.41) is 11.4. The van der Waals surface area contributed by atoms with Gasteiger partial charge in [0.2, 0.25) is 0 Å². The minimum Gasteiger partial charge on any atom is -0.497 e. The number of methoxy groups -OCH3 is 1.